The lowest BCUT2D eigenvalue weighted by atomic mass is 10.2. The van der Waals surface area contributed by atoms with Gasteiger partial charge in [0.15, 0.2) is 9.84 Å². The second-order valence-electron chi connectivity index (χ2n) is 4.73. The Morgan fingerprint density at radius 3 is 2.39 bits per heavy atom. The molecule has 9 heteroatoms. The van der Waals surface area contributed by atoms with Crippen LogP contribution in [0.25, 0.3) is 0 Å². The number of non-ortho nitro benzene ring substituents is 1. The first-order chi connectivity index (χ1) is 10.8. The van der Waals surface area contributed by atoms with E-state index in [9.17, 15) is 18.5 Å². The number of aliphatic hydroxyl groups excluding tert-OH is 1. The van der Waals surface area contributed by atoms with E-state index in [1.165, 1.54) is 12.1 Å². The lowest BCUT2D eigenvalue weighted by molar-refractivity contribution is -0.385. The fraction of sp³-hybridized carbons (Fsp3) is 0.143. The van der Waals surface area contributed by atoms with Crippen molar-refractivity contribution >= 4 is 32.6 Å². The van der Waals surface area contributed by atoms with Gasteiger partial charge in [-0.1, -0.05) is 0 Å². The molecule has 2 rings (SSSR count). The highest BCUT2D eigenvalue weighted by Crippen LogP contribution is 2.30. The van der Waals surface area contributed by atoms with E-state index in [1.807, 2.05) is 0 Å². The normalized spacial score (nSPS) is 11.2. The summed E-state index contributed by atoms with van der Waals surface area (Å²) in [4.78, 5) is 9.96. The van der Waals surface area contributed by atoms with Crippen molar-refractivity contribution in [1.29, 1.82) is 0 Å². The van der Waals surface area contributed by atoms with Gasteiger partial charge in [-0.25, -0.2) is 8.42 Å². The summed E-state index contributed by atoms with van der Waals surface area (Å²) >= 11 is 0. The highest BCUT2D eigenvalue weighted by atomic mass is 32.2. The summed E-state index contributed by atoms with van der Waals surface area (Å²) in [5.74, 6) is -0.523. The number of benzene rings is 2. The number of nitrogens with two attached hydrogens (primary N) is 1. The van der Waals surface area contributed by atoms with Crippen LogP contribution in [0.15, 0.2) is 47.4 Å². The molecule has 4 N–H and O–H groups in total. The number of rotatable bonds is 6. The van der Waals surface area contributed by atoms with E-state index in [4.69, 9.17) is 10.8 Å². The minimum absolute atomic E-state index is 0.189. The van der Waals surface area contributed by atoms with Gasteiger partial charge in [0.05, 0.1) is 27.9 Å². The maximum absolute atomic E-state index is 12.2. The molecule has 0 bridgehead atoms. The summed E-state index contributed by atoms with van der Waals surface area (Å²) in [7, 11) is -3.87. The topological polar surface area (TPSA) is 136 Å². The fourth-order valence-electron chi connectivity index (χ4n) is 1.94. The third-order valence-electron chi connectivity index (χ3n) is 3.06. The molecule has 0 saturated carbocycles. The van der Waals surface area contributed by atoms with Gasteiger partial charge in [0.25, 0.3) is 5.69 Å². The van der Waals surface area contributed by atoms with Crippen molar-refractivity contribution in [1.82, 2.24) is 0 Å². The zero-order chi connectivity index (χ0) is 17.0. The van der Waals surface area contributed by atoms with Crippen molar-refractivity contribution in [2.24, 2.45) is 0 Å². The summed E-state index contributed by atoms with van der Waals surface area (Å²) in [6, 6.07) is 10.1. The molecule has 0 aliphatic rings. The van der Waals surface area contributed by atoms with Crippen LogP contribution in [0.1, 0.15) is 0 Å². The quantitative estimate of drug-likeness (QED) is 0.414. The van der Waals surface area contributed by atoms with Crippen molar-refractivity contribution in [3.8, 4) is 0 Å². The summed E-state index contributed by atoms with van der Waals surface area (Å²) in [5.41, 5.74) is 6.56. The molecule has 0 unspecified atom stereocenters. The molecular formula is C14H15N3O5S. The second kappa shape index (κ2) is 6.63. The van der Waals surface area contributed by atoms with Crippen LogP contribution in [0.2, 0.25) is 0 Å². The van der Waals surface area contributed by atoms with Crippen molar-refractivity contribution in [3.63, 3.8) is 0 Å². The van der Waals surface area contributed by atoms with Crippen molar-refractivity contribution in [3.05, 3.63) is 52.6 Å². The molecule has 0 radical (unpaired) electrons. The number of hydrogen-bond donors (Lipinski definition) is 3. The number of nitro benzene ring substituents is 1. The van der Waals surface area contributed by atoms with Crippen LogP contribution >= 0.6 is 0 Å². The van der Waals surface area contributed by atoms with Crippen LogP contribution < -0.4 is 11.1 Å². The molecule has 0 aliphatic carbocycles. The number of aliphatic hydroxyl groups is 1. The zero-order valence-corrected chi connectivity index (χ0v) is 12.8. The number of nitrogens with zero attached hydrogens (tertiary/aromatic N) is 1. The van der Waals surface area contributed by atoms with Crippen LogP contribution in [-0.4, -0.2) is 30.8 Å². The van der Waals surface area contributed by atoms with E-state index in [1.54, 1.807) is 24.3 Å². The van der Waals surface area contributed by atoms with Gasteiger partial charge < -0.3 is 16.2 Å². The van der Waals surface area contributed by atoms with Crippen LogP contribution in [0.5, 0.6) is 0 Å². The smallest absolute Gasteiger partial charge is 0.270 e. The molecule has 8 nitrogen and oxygen atoms in total. The largest absolute Gasteiger partial charge is 0.399 e. The highest BCUT2D eigenvalue weighted by Gasteiger charge is 2.22. The lowest BCUT2D eigenvalue weighted by Crippen LogP contribution is -2.12. The SMILES string of the molecule is Nc1ccc(Nc2ccc([N+](=O)[O-])cc2S(=O)(=O)CCO)cc1. The first-order valence-corrected chi connectivity index (χ1v) is 8.23. The first kappa shape index (κ1) is 16.7. The van der Waals surface area contributed by atoms with Gasteiger partial charge in [0.2, 0.25) is 0 Å². The molecule has 0 atom stereocenters. The van der Waals surface area contributed by atoms with Gasteiger partial charge in [0.1, 0.15) is 0 Å². The lowest BCUT2D eigenvalue weighted by Gasteiger charge is -2.12. The van der Waals surface area contributed by atoms with Crippen molar-refractivity contribution in [2.45, 2.75) is 4.90 Å². The Kier molecular flexibility index (Phi) is 4.82. The highest BCUT2D eigenvalue weighted by molar-refractivity contribution is 7.91. The van der Waals surface area contributed by atoms with E-state index >= 15 is 0 Å². The number of anilines is 3. The molecule has 0 aromatic heterocycles. The van der Waals surface area contributed by atoms with Crippen molar-refractivity contribution < 1.29 is 18.4 Å². The third kappa shape index (κ3) is 3.96. The Bertz CT molecular complexity index is 819. The monoisotopic (exact) mass is 337 g/mol. The Labute approximate surface area is 132 Å². The van der Waals surface area contributed by atoms with E-state index in [0.717, 1.165) is 6.07 Å². The number of nitrogens with one attached hydrogen (secondary N) is 1. The molecule has 2 aromatic carbocycles. The number of nitrogen functional groups attached to an aromatic ring is 1. The fourth-order valence-corrected chi connectivity index (χ4v) is 3.15. The Balaban J connectivity index is 2.49. The van der Waals surface area contributed by atoms with Crippen molar-refractivity contribution in [2.75, 3.05) is 23.4 Å². The van der Waals surface area contributed by atoms with Crippen LogP contribution in [0.4, 0.5) is 22.7 Å². The molecule has 0 heterocycles. The number of hydrogen-bond acceptors (Lipinski definition) is 7. The average molecular weight is 337 g/mol. The molecule has 0 fully saturated rings. The molecule has 23 heavy (non-hydrogen) atoms. The number of sulfone groups is 1. The number of nitro groups is 1. The van der Waals surface area contributed by atoms with E-state index in [0.29, 0.717) is 11.4 Å². The predicted octanol–water partition coefficient (Wildman–Crippen LogP) is 1.69. The minimum atomic E-state index is -3.87. The zero-order valence-electron chi connectivity index (χ0n) is 12.0. The summed E-state index contributed by atoms with van der Waals surface area (Å²) in [5, 5.41) is 22.7. The molecule has 2 aromatic rings. The maximum Gasteiger partial charge on any atom is 0.270 e. The van der Waals surface area contributed by atoms with Gasteiger partial charge in [-0.3, -0.25) is 10.1 Å². The molecular weight excluding hydrogens is 322 g/mol. The van der Waals surface area contributed by atoms with E-state index in [-0.39, 0.29) is 16.3 Å². The molecule has 0 amide bonds. The second-order valence-corrected chi connectivity index (χ2v) is 6.80. The standard InChI is InChI=1S/C14H15N3O5S/c15-10-1-3-11(4-2-10)16-13-6-5-12(17(19)20)9-14(13)23(21,22)8-7-18/h1-6,9,16,18H,7-8,15H2. The van der Waals surface area contributed by atoms with E-state index < -0.39 is 27.1 Å². The van der Waals surface area contributed by atoms with Gasteiger partial charge >= 0.3 is 0 Å². The van der Waals surface area contributed by atoms with Gasteiger partial charge in [-0.15, -0.1) is 0 Å². The summed E-state index contributed by atoms with van der Waals surface area (Å²) < 4.78 is 24.5. The molecule has 0 saturated heterocycles. The Hall–Kier alpha value is -2.65. The maximum atomic E-state index is 12.2. The molecule has 0 aliphatic heterocycles. The van der Waals surface area contributed by atoms with Gasteiger partial charge in [0, 0.05) is 23.5 Å². The van der Waals surface area contributed by atoms with Crippen LogP contribution in [-0.2, 0) is 9.84 Å². The predicted molar refractivity (Wildman–Crippen MR) is 86.4 cm³/mol. The van der Waals surface area contributed by atoms with Gasteiger partial charge in [-0.2, -0.15) is 0 Å². The first-order valence-electron chi connectivity index (χ1n) is 6.58. The molecule has 122 valence electrons. The molecule has 0 spiro atoms. The van der Waals surface area contributed by atoms with Crippen LogP contribution in [0, 0.1) is 10.1 Å². The summed E-state index contributed by atoms with van der Waals surface area (Å²) in [6.07, 6.45) is 0. The van der Waals surface area contributed by atoms with E-state index in [2.05, 4.69) is 5.32 Å². The van der Waals surface area contributed by atoms with Crippen LogP contribution in [0.3, 0.4) is 0 Å². The Morgan fingerprint density at radius 1 is 1.17 bits per heavy atom. The Morgan fingerprint density at radius 2 is 1.83 bits per heavy atom. The van der Waals surface area contributed by atoms with Gasteiger partial charge in [-0.05, 0) is 30.3 Å². The average Bonchev–Trinajstić information content (AvgIpc) is 2.49. The third-order valence-corrected chi connectivity index (χ3v) is 4.79. The minimum Gasteiger partial charge on any atom is -0.399 e. The summed E-state index contributed by atoms with van der Waals surface area (Å²) in [6.45, 7) is -0.577.